The average Bonchev–Trinajstić information content (AvgIpc) is 1.95. The Morgan fingerprint density at radius 3 is 1.41 bits per heavy atom. The standard InChI is InChI=1S/C12H32O2Si3/c1-11(2)10-12(3)15(13-16(4,5)6)14-17(7,8)9/h11-12,15H,10H2,1-9H3. The van der Waals surface area contributed by atoms with Crippen LogP contribution in [0.1, 0.15) is 27.2 Å². The molecule has 0 spiro atoms. The molecule has 0 aliphatic heterocycles. The molecule has 0 aromatic heterocycles. The van der Waals surface area contributed by atoms with Crippen LogP contribution in [0.4, 0.5) is 0 Å². The zero-order chi connectivity index (χ0) is 13.9. The molecular weight excluding hydrogens is 260 g/mol. The van der Waals surface area contributed by atoms with Gasteiger partial charge < -0.3 is 8.23 Å². The molecule has 5 heteroatoms. The smallest absolute Gasteiger partial charge is 0.303 e. The van der Waals surface area contributed by atoms with Crippen LogP contribution in [0.3, 0.4) is 0 Å². The molecule has 0 bridgehead atoms. The van der Waals surface area contributed by atoms with Crippen LogP contribution in [0.5, 0.6) is 0 Å². The summed E-state index contributed by atoms with van der Waals surface area (Å²) in [6, 6.07) is 0. The van der Waals surface area contributed by atoms with Crippen LogP contribution < -0.4 is 0 Å². The Kier molecular flexibility index (Phi) is 6.88. The lowest BCUT2D eigenvalue weighted by Crippen LogP contribution is -2.45. The van der Waals surface area contributed by atoms with E-state index in [9.17, 15) is 0 Å². The Hall–Kier alpha value is 0.571. The van der Waals surface area contributed by atoms with Gasteiger partial charge in [0.2, 0.25) is 0 Å². The Labute approximate surface area is 112 Å². The van der Waals surface area contributed by atoms with E-state index in [1.54, 1.807) is 0 Å². The zero-order valence-electron chi connectivity index (χ0n) is 13.3. The van der Waals surface area contributed by atoms with Crippen LogP contribution in [-0.4, -0.2) is 25.9 Å². The zero-order valence-corrected chi connectivity index (χ0v) is 16.4. The van der Waals surface area contributed by atoms with E-state index in [4.69, 9.17) is 8.23 Å². The lowest BCUT2D eigenvalue weighted by molar-refractivity contribution is 0.385. The highest BCUT2D eigenvalue weighted by atomic mass is 28.4. The SMILES string of the molecule is CC(C)CC(C)[SiH](O[Si](C)(C)C)O[Si](C)(C)C. The Balaban J connectivity index is 4.61. The molecule has 0 aliphatic carbocycles. The van der Waals surface area contributed by atoms with Gasteiger partial charge in [-0.25, -0.2) is 0 Å². The Morgan fingerprint density at radius 2 is 1.18 bits per heavy atom. The molecule has 0 aromatic carbocycles. The van der Waals surface area contributed by atoms with Gasteiger partial charge in [0.05, 0.1) is 0 Å². The van der Waals surface area contributed by atoms with Crippen LogP contribution in [0.2, 0.25) is 44.8 Å². The molecule has 0 heterocycles. The largest absolute Gasteiger partial charge is 0.439 e. The maximum Gasteiger partial charge on any atom is 0.303 e. The fourth-order valence-corrected chi connectivity index (χ4v) is 10.6. The first-order valence-electron chi connectivity index (χ1n) is 6.76. The topological polar surface area (TPSA) is 18.5 Å². The average molecular weight is 293 g/mol. The monoisotopic (exact) mass is 292 g/mol. The predicted molar refractivity (Wildman–Crippen MR) is 84.9 cm³/mol. The maximum absolute atomic E-state index is 6.37. The molecule has 17 heavy (non-hydrogen) atoms. The van der Waals surface area contributed by atoms with E-state index < -0.39 is 25.9 Å². The highest BCUT2D eigenvalue weighted by Gasteiger charge is 2.32. The summed E-state index contributed by atoms with van der Waals surface area (Å²) in [6.07, 6.45) is 1.23. The summed E-state index contributed by atoms with van der Waals surface area (Å²) >= 11 is 0. The van der Waals surface area contributed by atoms with E-state index in [1.165, 1.54) is 6.42 Å². The summed E-state index contributed by atoms with van der Waals surface area (Å²) in [7, 11) is -4.46. The summed E-state index contributed by atoms with van der Waals surface area (Å²) in [5, 5.41) is 0. The Bertz CT molecular complexity index is 203. The molecule has 2 nitrogen and oxygen atoms in total. The van der Waals surface area contributed by atoms with Crippen LogP contribution in [0.25, 0.3) is 0 Å². The van der Waals surface area contributed by atoms with E-state index in [1.807, 2.05) is 0 Å². The highest BCUT2D eigenvalue weighted by molar-refractivity contribution is 6.81. The molecule has 0 saturated carbocycles. The quantitative estimate of drug-likeness (QED) is 0.650. The van der Waals surface area contributed by atoms with Gasteiger partial charge in [-0.2, -0.15) is 0 Å². The van der Waals surface area contributed by atoms with E-state index in [2.05, 4.69) is 60.1 Å². The van der Waals surface area contributed by atoms with Crippen molar-refractivity contribution >= 4 is 25.9 Å². The van der Waals surface area contributed by atoms with Gasteiger partial charge in [-0.1, -0.05) is 20.8 Å². The highest BCUT2D eigenvalue weighted by Crippen LogP contribution is 2.26. The van der Waals surface area contributed by atoms with Crippen molar-refractivity contribution in [3.63, 3.8) is 0 Å². The van der Waals surface area contributed by atoms with Crippen LogP contribution in [-0.2, 0) is 8.23 Å². The first-order chi connectivity index (χ1) is 7.41. The molecule has 0 aliphatic rings. The van der Waals surface area contributed by atoms with Gasteiger partial charge in [0.15, 0.2) is 16.6 Å². The summed E-state index contributed by atoms with van der Waals surface area (Å²) < 4.78 is 12.7. The van der Waals surface area contributed by atoms with Gasteiger partial charge in [0.1, 0.15) is 0 Å². The molecule has 0 N–H and O–H groups in total. The number of hydrogen-bond donors (Lipinski definition) is 0. The predicted octanol–water partition coefficient (Wildman–Crippen LogP) is 4.35. The minimum atomic E-state index is -1.51. The normalized spacial score (nSPS) is 15.7. The van der Waals surface area contributed by atoms with Crippen molar-refractivity contribution in [1.82, 2.24) is 0 Å². The second-order valence-electron chi connectivity index (χ2n) is 7.44. The summed E-state index contributed by atoms with van der Waals surface area (Å²) in [6.45, 7) is 20.5. The minimum Gasteiger partial charge on any atom is -0.439 e. The minimum absolute atomic E-state index is 0.619. The number of rotatable bonds is 7. The van der Waals surface area contributed by atoms with Crippen molar-refractivity contribution < 1.29 is 8.23 Å². The first-order valence-corrected chi connectivity index (χ1v) is 15.2. The van der Waals surface area contributed by atoms with Crippen molar-refractivity contribution in [2.24, 2.45) is 5.92 Å². The molecular formula is C12H32O2Si3. The summed E-state index contributed by atoms with van der Waals surface area (Å²) in [4.78, 5) is 0. The van der Waals surface area contributed by atoms with Crippen molar-refractivity contribution in [2.75, 3.05) is 0 Å². The van der Waals surface area contributed by atoms with Crippen LogP contribution in [0, 0.1) is 5.92 Å². The molecule has 0 amide bonds. The summed E-state index contributed by atoms with van der Waals surface area (Å²) in [5.74, 6) is 0.732. The van der Waals surface area contributed by atoms with E-state index >= 15 is 0 Å². The van der Waals surface area contributed by atoms with E-state index in [0.29, 0.717) is 5.54 Å². The molecule has 0 fully saturated rings. The van der Waals surface area contributed by atoms with Gasteiger partial charge in [-0.3, -0.25) is 0 Å². The van der Waals surface area contributed by atoms with Gasteiger partial charge >= 0.3 is 9.28 Å². The van der Waals surface area contributed by atoms with Crippen molar-refractivity contribution in [2.45, 2.75) is 72.0 Å². The molecule has 0 rings (SSSR count). The van der Waals surface area contributed by atoms with Gasteiger partial charge in [0, 0.05) is 0 Å². The Morgan fingerprint density at radius 1 is 0.824 bits per heavy atom. The molecule has 104 valence electrons. The second-order valence-corrected chi connectivity index (χ2v) is 19.6. The van der Waals surface area contributed by atoms with Gasteiger partial charge in [0.25, 0.3) is 0 Å². The third kappa shape index (κ3) is 10.2. The molecule has 0 saturated heterocycles. The molecule has 1 atom stereocenters. The third-order valence-electron chi connectivity index (χ3n) is 2.25. The maximum atomic E-state index is 6.37. The van der Waals surface area contributed by atoms with Crippen LogP contribution >= 0.6 is 0 Å². The van der Waals surface area contributed by atoms with Crippen molar-refractivity contribution in [1.29, 1.82) is 0 Å². The first kappa shape index (κ1) is 17.6. The number of hydrogen-bond acceptors (Lipinski definition) is 2. The van der Waals surface area contributed by atoms with Crippen LogP contribution in [0.15, 0.2) is 0 Å². The van der Waals surface area contributed by atoms with Gasteiger partial charge in [-0.15, -0.1) is 0 Å². The second kappa shape index (κ2) is 6.65. The molecule has 0 aromatic rings. The van der Waals surface area contributed by atoms with Crippen molar-refractivity contribution in [3.8, 4) is 0 Å². The molecule has 0 radical (unpaired) electrons. The fourth-order valence-electron chi connectivity index (χ4n) is 1.81. The fraction of sp³-hybridized carbons (Fsp3) is 1.00. The lowest BCUT2D eigenvalue weighted by atomic mass is 10.1. The third-order valence-corrected chi connectivity index (χ3v) is 11.0. The van der Waals surface area contributed by atoms with Gasteiger partial charge in [-0.05, 0) is 57.2 Å². The molecule has 1 unspecified atom stereocenters. The van der Waals surface area contributed by atoms with E-state index in [-0.39, 0.29) is 0 Å². The van der Waals surface area contributed by atoms with Crippen molar-refractivity contribution in [3.05, 3.63) is 0 Å². The van der Waals surface area contributed by atoms with E-state index in [0.717, 1.165) is 5.92 Å². The summed E-state index contributed by atoms with van der Waals surface area (Å²) in [5.41, 5.74) is 0.619. The lowest BCUT2D eigenvalue weighted by Gasteiger charge is -2.34.